The third kappa shape index (κ3) is 2.86. The van der Waals surface area contributed by atoms with E-state index in [2.05, 4.69) is 15.0 Å². The monoisotopic (exact) mass is 434 g/mol. The van der Waals surface area contributed by atoms with Gasteiger partial charge in [0.2, 0.25) is 5.95 Å². The van der Waals surface area contributed by atoms with Crippen molar-refractivity contribution in [3.8, 4) is 0 Å². The number of fused-ring (bicyclic) bond motifs is 2. The lowest BCUT2D eigenvalue weighted by molar-refractivity contribution is -0.132. The molecule has 33 heavy (non-hydrogen) atoms. The van der Waals surface area contributed by atoms with Crippen molar-refractivity contribution in [1.82, 2.24) is 15.0 Å². The molecule has 160 valence electrons. The van der Waals surface area contributed by atoms with E-state index in [1.165, 1.54) is 4.90 Å². The number of amides is 1. The molecule has 5 aromatic rings. The molecule has 0 spiro atoms. The molecule has 1 aliphatic rings. The van der Waals surface area contributed by atoms with Gasteiger partial charge in [0.05, 0.1) is 22.6 Å². The highest BCUT2D eigenvalue weighted by molar-refractivity contribution is 6.51. The zero-order valence-electron chi connectivity index (χ0n) is 17.3. The summed E-state index contributed by atoms with van der Waals surface area (Å²) in [5.41, 5.74) is 3.43. The third-order valence-corrected chi connectivity index (χ3v) is 6.01. The minimum absolute atomic E-state index is 0.0245. The van der Waals surface area contributed by atoms with Crippen molar-refractivity contribution in [3.63, 3.8) is 0 Å². The van der Waals surface area contributed by atoms with Crippen molar-refractivity contribution in [2.75, 3.05) is 4.90 Å². The molecule has 1 aliphatic heterocycles. The van der Waals surface area contributed by atoms with Gasteiger partial charge in [-0.3, -0.25) is 14.5 Å². The summed E-state index contributed by atoms with van der Waals surface area (Å²) in [5, 5.41) is 12.1. The third-order valence-electron chi connectivity index (χ3n) is 6.01. The van der Waals surface area contributed by atoms with Gasteiger partial charge in [-0.15, -0.1) is 0 Å². The summed E-state index contributed by atoms with van der Waals surface area (Å²) >= 11 is 0. The van der Waals surface area contributed by atoms with Crippen molar-refractivity contribution in [3.05, 3.63) is 102 Å². The number of nitrogens with zero attached hydrogens (tertiary/aromatic N) is 2. The van der Waals surface area contributed by atoms with Crippen molar-refractivity contribution in [2.24, 2.45) is 0 Å². The molecule has 0 aliphatic carbocycles. The fourth-order valence-corrected chi connectivity index (χ4v) is 4.47. The SMILES string of the molecule is O=C1C(=O)N(c2nc3ccccc3[nH]2)C(c2ccccc2)/C1=C(\O)c1c[nH]c2ccccc12. The standard InChI is InChI=1S/C26H18N4O3/c31-23(17-14-27-18-11-5-4-10-16(17)18)21-22(15-8-2-1-3-9-15)30(25(33)24(21)32)26-28-19-12-6-7-13-20(19)29-26/h1-14,22,27,31H,(H,28,29)/b23-21+. The molecule has 1 amide bonds. The summed E-state index contributed by atoms with van der Waals surface area (Å²) in [6.45, 7) is 0. The van der Waals surface area contributed by atoms with Gasteiger partial charge in [0.1, 0.15) is 5.76 Å². The number of hydrogen-bond acceptors (Lipinski definition) is 4. The van der Waals surface area contributed by atoms with Gasteiger partial charge in [-0.2, -0.15) is 0 Å². The number of aromatic amines is 2. The van der Waals surface area contributed by atoms with Gasteiger partial charge < -0.3 is 15.1 Å². The lowest BCUT2D eigenvalue weighted by atomic mass is 9.95. The smallest absolute Gasteiger partial charge is 0.302 e. The Kier molecular flexibility index (Phi) is 4.16. The summed E-state index contributed by atoms with van der Waals surface area (Å²) in [4.78, 5) is 38.7. The van der Waals surface area contributed by atoms with E-state index in [0.717, 1.165) is 16.4 Å². The summed E-state index contributed by atoms with van der Waals surface area (Å²) in [6, 6.07) is 23.2. The van der Waals surface area contributed by atoms with E-state index in [4.69, 9.17) is 0 Å². The van der Waals surface area contributed by atoms with Gasteiger partial charge in [-0.1, -0.05) is 60.7 Å². The Labute approximate surface area is 188 Å². The summed E-state index contributed by atoms with van der Waals surface area (Å²) < 4.78 is 0. The van der Waals surface area contributed by atoms with Crippen molar-refractivity contribution >= 4 is 45.3 Å². The molecular weight excluding hydrogens is 416 g/mol. The number of aliphatic hydroxyl groups is 1. The second kappa shape index (κ2) is 7.20. The molecule has 3 N–H and O–H groups in total. The summed E-state index contributed by atoms with van der Waals surface area (Å²) in [6.07, 6.45) is 1.65. The van der Waals surface area contributed by atoms with Crippen LogP contribution < -0.4 is 4.90 Å². The highest BCUT2D eigenvalue weighted by Gasteiger charge is 2.48. The maximum absolute atomic E-state index is 13.3. The van der Waals surface area contributed by atoms with Gasteiger partial charge in [0.25, 0.3) is 5.78 Å². The quantitative estimate of drug-likeness (QED) is 0.218. The van der Waals surface area contributed by atoms with E-state index in [9.17, 15) is 14.7 Å². The van der Waals surface area contributed by atoms with Crippen molar-refractivity contribution in [2.45, 2.75) is 6.04 Å². The molecular formula is C26H18N4O3. The van der Waals surface area contributed by atoms with Crippen LogP contribution in [0.2, 0.25) is 0 Å². The highest BCUT2D eigenvalue weighted by atomic mass is 16.3. The molecule has 1 atom stereocenters. The van der Waals surface area contributed by atoms with E-state index in [0.29, 0.717) is 16.6 Å². The predicted octanol–water partition coefficient (Wildman–Crippen LogP) is 4.67. The number of benzene rings is 3. The number of rotatable bonds is 3. The maximum atomic E-state index is 13.3. The van der Waals surface area contributed by atoms with E-state index in [-0.39, 0.29) is 17.3 Å². The molecule has 1 fully saturated rings. The molecule has 7 heteroatoms. The number of aromatic nitrogens is 3. The highest BCUT2D eigenvalue weighted by Crippen LogP contribution is 2.42. The Morgan fingerprint density at radius 2 is 1.58 bits per heavy atom. The van der Waals surface area contributed by atoms with Crippen LogP contribution in [0.5, 0.6) is 0 Å². The number of aliphatic hydroxyl groups excluding tert-OH is 1. The van der Waals surface area contributed by atoms with Crippen LogP contribution in [0.25, 0.3) is 27.7 Å². The first kappa shape index (κ1) is 19.1. The minimum Gasteiger partial charge on any atom is -0.507 e. The topological polar surface area (TPSA) is 102 Å². The maximum Gasteiger partial charge on any atom is 0.302 e. The zero-order valence-corrected chi connectivity index (χ0v) is 17.3. The Morgan fingerprint density at radius 3 is 2.36 bits per heavy atom. The molecule has 0 saturated carbocycles. The number of carbonyl (C=O) groups excluding carboxylic acids is 2. The normalized spacial score (nSPS) is 17.9. The molecule has 1 saturated heterocycles. The summed E-state index contributed by atoms with van der Waals surface area (Å²) in [5.74, 6) is -1.47. The average Bonchev–Trinajstić information content (AvgIpc) is 3.53. The first-order chi connectivity index (χ1) is 16.1. The Hall–Kier alpha value is -4.65. The molecule has 2 aromatic heterocycles. The van der Waals surface area contributed by atoms with Crippen LogP contribution >= 0.6 is 0 Å². The fourth-order valence-electron chi connectivity index (χ4n) is 4.47. The molecule has 6 rings (SSSR count). The van der Waals surface area contributed by atoms with E-state index >= 15 is 0 Å². The number of ketones is 1. The van der Waals surface area contributed by atoms with Crippen molar-refractivity contribution < 1.29 is 14.7 Å². The van der Waals surface area contributed by atoms with Gasteiger partial charge in [-0.25, -0.2) is 4.98 Å². The van der Waals surface area contributed by atoms with Gasteiger partial charge in [0, 0.05) is 22.7 Å². The number of anilines is 1. The van der Waals surface area contributed by atoms with Crippen molar-refractivity contribution in [1.29, 1.82) is 0 Å². The molecule has 0 radical (unpaired) electrons. The average molecular weight is 434 g/mol. The Morgan fingerprint density at radius 1 is 0.879 bits per heavy atom. The summed E-state index contributed by atoms with van der Waals surface area (Å²) in [7, 11) is 0. The number of hydrogen-bond donors (Lipinski definition) is 3. The fraction of sp³-hybridized carbons (Fsp3) is 0.0385. The molecule has 3 heterocycles. The second-order valence-corrected chi connectivity index (χ2v) is 7.91. The van der Waals surface area contributed by atoms with Crippen LogP contribution in [-0.4, -0.2) is 31.7 Å². The minimum atomic E-state index is -0.833. The number of para-hydroxylation sites is 3. The number of H-pyrrole nitrogens is 2. The van der Waals surface area contributed by atoms with Gasteiger partial charge in [0.15, 0.2) is 0 Å². The lowest BCUT2D eigenvalue weighted by Gasteiger charge is -2.22. The number of imidazole rings is 1. The molecule has 1 unspecified atom stereocenters. The van der Waals surface area contributed by atoms with Crippen LogP contribution in [0.3, 0.4) is 0 Å². The molecule has 0 bridgehead atoms. The van der Waals surface area contributed by atoms with Crippen LogP contribution in [0, 0.1) is 0 Å². The Balaban J connectivity index is 1.59. The van der Waals surface area contributed by atoms with Crippen LogP contribution in [0.1, 0.15) is 17.2 Å². The van der Waals surface area contributed by atoms with Gasteiger partial charge >= 0.3 is 5.91 Å². The van der Waals surface area contributed by atoms with Crippen LogP contribution in [0.15, 0.2) is 90.6 Å². The van der Waals surface area contributed by atoms with Crippen LogP contribution in [-0.2, 0) is 9.59 Å². The second-order valence-electron chi connectivity index (χ2n) is 7.91. The Bertz CT molecular complexity index is 1550. The largest absolute Gasteiger partial charge is 0.507 e. The molecule has 7 nitrogen and oxygen atoms in total. The molecule has 3 aromatic carbocycles. The number of nitrogens with one attached hydrogen (secondary N) is 2. The first-order valence-electron chi connectivity index (χ1n) is 10.5. The van der Waals surface area contributed by atoms with E-state index in [1.807, 2.05) is 78.9 Å². The van der Waals surface area contributed by atoms with Crippen LogP contribution in [0.4, 0.5) is 5.95 Å². The van der Waals surface area contributed by atoms with Gasteiger partial charge in [-0.05, 0) is 23.8 Å². The van der Waals surface area contributed by atoms with E-state index in [1.54, 1.807) is 6.20 Å². The first-order valence-corrected chi connectivity index (χ1v) is 10.5. The zero-order chi connectivity index (χ0) is 22.5. The van der Waals surface area contributed by atoms with E-state index < -0.39 is 17.7 Å². The number of carbonyl (C=O) groups is 2. The predicted molar refractivity (Wildman–Crippen MR) is 126 cm³/mol. The lowest BCUT2D eigenvalue weighted by Crippen LogP contribution is -2.30. The number of Topliss-reactive ketones (excluding diaryl/α,β-unsaturated/α-hetero) is 1.